The van der Waals surface area contributed by atoms with Crippen molar-refractivity contribution in [1.82, 2.24) is 9.78 Å². The number of hydrogen-bond donors (Lipinski definition) is 1. The summed E-state index contributed by atoms with van der Waals surface area (Å²) in [6.07, 6.45) is 3.18. The minimum atomic E-state index is -0.569. The van der Waals surface area contributed by atoms with E-state index in [1.54, 1.807) is 19.2 Å². The Kier molecular flexibility index (Phi) is 7.15. The first-order valence-electron chi connectivity index (χ1n) is 10.2. The van der Waals surface area contributed by atoms with E-state index in [2.05, 4.69) is 10.4 Å². The van der Waals surface area contributed by atoms with Crippen LogP contribution in [0.4, 0.5) is 10.6 Å². The number of halogens is 1. The van der Waals surface area contributed by atoms with Crippen LogP contribution in [0.5, 0.6) is 0 Å². The summed E-state index contributed by atoms with van der Waals surface area (Å²) in [4.78, 5) is 25.4. The van der Waals surface area contributed by atoms with Crippen molar-refractivity contribution in [3.8, 4) is 0 Å². The van der Waals surface area contributed by atoms with Crippen LogP contribution < -0.4 is 5.32 Å². The molecule has 0 fully saturated rings. The molecule has 0 spiro atoms. The Morgan fingerprint density at radius 2 is 1.90 bits per heavy atom. The lowest BCUT2D eigenvalue weighted by Crippen LogP contribution is -2.25. The molecule has 2 aromatic rings. The number of ether oxygens (including phenoxy) is 2. The van der Waals surface area contributed by atoms with Crippen molar-refractivity contribution >= 4 is 29.5 Å². The molecule has 7 nitrogen and oxygen atoms in total. The van der Waals surface area contributed by atoms with Crippen LogP contribution in [0.3, 0.4) is 0 Å². The van der Waals surface area contributed by atoms with Gasteiger partial charge < -0.3 is 14.8 Å². The molecule has 0 saturated heterocycles. The zero-order valence-electron chi connectivity index (χ0n) is 17.4. The van der Waals surface area contributed by atoms with Crippen molar-refractivity contribution in [2.45, 2.75) is 46.0 Å². The van der Waals surface area contributed by atoms with Gasteiger partial charge in [-0.1, -0.05) is 50.1 Å². The van der Waals surface area contributed by atoms with Crippen molar-refractivity contribution in [2.24, 2.45) is 0 Å². The Bertz CT molecular complexity index is 967. The molecule has 1 atom stereocenters. The summed E-state index contributed by atoms with van der Waals surface area (Å²) in [6.45, 7) is 6.28. The van der Waals surface area contributed by atoms with Crippen LogP contribution in [0, 0.1) is 0 Å². The van der Waals surface area contributed by atoms with E-state index in [1.807, 2.05) is 32.0 Å². The highest BCUT2D eigenvalue weighted by molar-refractivity contribution is 6.31. The number of anilines is 1. The average Bonchev–Trinajstić information content (AvgIpc) is 3.16. The number of nitrogens with zero attached hydrogens (tertiary/aromatic N) is 2. The minimum absolute atomic E-state index is 0.256. The summed E-state index contributed by atoms with van der Waals surface area (Å²) in [6, 6.07) is 7.35. The highest BCUT2D eigenvalue weighted by atomic mass is 35.5. The van der Waals surface area contributed by atoms with Crippen molar-refractivity contribution in [2.75, 3.05) is 18.5 Å². The van der Waals surface area contributed by atoms with Crippen molar-refractivity contribution in [1.29, 1.82) is 0 Å². The smallest absolute Gasteiger partial charge is 0.434 e. The first-order valence-corrected chi connectivity index (χ1v) is 10.6. The predicted molar refractivity (Wildman–Crippen MR) is 115 cm³/mol. The number of carbonyl (C=O) groups is 2. The third-order valence-electron chi connectivity index (χ3n) is 4.76. The van der Waals surface area contributed by atoms with Crippen LogP contribution >= 0.6 is 11.6 Å². The quantitative estimate of drug-likeness (QED) is 0.613. The van der Waals surface area contributed by atoms with Gasteiger partial charge >= 0.3 is 12.1 Å². The number of rotatable bonds is 7. The Hall–Kier alpha value is -2.80. The molecule has 0 bridgehead atoms. The van der Waals surface area contributed by atoms with Crippen LogP contribution in [0.25, 0.3) is 0 Å². The number of fused-ring (bicyclic) bond motifs is 1. The molecule has 8 heteroatoms. The fraction of sp³-hybridized carbons (Fsp3) is 0.409. The zero-order chi connectivity index (χ0) is 21.7. The summed E-state index contributed by atoms with van der Waals surface area (Å²) < 4.78 is 11.7. The third kappa shape index (κ3) is 4.36. The van der Waals surface area contributed by atoms with Gasteiger partial charge in [0.15, 0.2) is 5.82 Å². The highest BCUT2D eigenvalue weighted by Crippen LogP contribution is 2.44. The lowest BCUT2D eigenvalue weighted by atomic mass is 9.82. The fourth-order valence-corrected chi connectivity index (χ4v) is 3.76. The maximum Gasteiger partial charge on any atom is 0.434 e. The van der Waals surface area contributed by atoms with E-state index in [-0.39, 0.29) is 6.61 Å². The number of carbonyl (C=O) groups excluding carboxylic acids is 2. The van der Waals surface area contributed by atoms with Crippen LogP contribution in [0.1, 0.15) is 57.1 Å². The monoisotopic (exact) mass is 431 g/mol. The van der Waals surface area contributed by atoms with Gasteiger partial charge in [0.2, 0.25) is 0 Å². The van der Waals surface area contributed by atoms with Gasteiger partial charge in [-0.3, -0.25) is 0 Å². The lowest BCUT2D eigenvalue weighted by molar-refractivity contribution is -0.138. The molecule has 3 rings (SSSR count). The summed E-state index contributed by atoms with van der Waals surface area (Å²) in [5.74, 6) is -0.418. The van der Waals surface area contributed by atoms with E-state index in [0.717, 1.165) is 22.4 Å². The molecule has 0 aliphatic carbocycles. The Balaban J connectivity index is 2.16. The Labute approximate surface area is 181 Å². The van der Waals surface area contributed by atoms with Gasteiger partial charge in [-0.15, -0.1) is 5.10 Å². The van der Waals surface area contributed by atoms with Crippen molar-refractivity contribution < 1.29 is 19.1 Å². The van der Waals surface area contributed by atoms with E-state index in [1.165, 1.54) is 0 Å². The van der Waals surface area contributed by atoms with Gasteiger partial charge in [-0.25, -0.2) is 9.59 Å². The third-order valence-corrected chi connectivity index (χ3v) is 5.11. The zero-order valence-corrected chi connectivity index (χ0v) is 18.2. The van der Waals surface area contributed by atoms with Gasteiger partial charge in [0, 0.05) is 28.4 Å². The second-order valence-electron chi connectivity index (χ2n) is 6.93. The van der Waals surface area contributed by atoms with Crippen molar-refractivity contribution in [3.05, 3.63) is 57.9 Å². The molecular weight excluding hydrogens is 406 g/mol. The van der Waals surface area contributed by atoms with E-state index in [0.29, 0.717) is 41.4 Å². The van der Waals surface area contributed by atoms with Gasteiger partial charge in [0.25, 0.3) is 0 Å². The molecule has 1 aromatic heterocycles. The molecule has 0 amide bonds. The number of esters is 1. The van der Waals surface area contributed by atoms with Crippen LogP contribution in [0.15, 0.2) is 41.7 Å². The average molecular weight is 432 g/mol. The molecule has 0 saturated carbocycles. The summed E-state index contributed by atoms with van der Waals surface area (Å²) in [7, 11) is 0. The van der Waals surface area contributed by atoms with E-state index in [4.69, 9.17) is 21.1 Å². The van der Waals surface area contributed by atoms with Gasteiger partial charge in [0.1, 0.15) is 0 Å². The molecule has 1 N–H and O–H groups in total. The van der Waals surface area contributed by atoms with Crippen LogP contribution in [0.2, 0.25) is 5.02 Å². The summed E-state index contributed by atoms with van der Waals surface area (Å²) >= 11 is 6.52. The van der Waals surface area contributed by atoms with E-state index < -0.39 is 18.0 Å². The maximum absolute atomic E-state index is 13.0. The number of allylic oxidation sites excluding steroid dienone is 1. The molecular formula is C22H26ClN3O4. The normalized spacial score (nSPS) is 15.4. The van der Waals surface area contributed by atoms with Gasteiger partial charge in [-0.2, -0.15) is 4.68 Å². The number of nitrogens with one attached hydrogen (secondary N) is 1. The minimum Gasteiger partial charge on any atom is -0.463 e. The first kappa shape index (κ1) is 21.9. The first-order chi connectivity index (χ1) is 14.5. The van der Waals surface area contributed by atoms with Gasteiger partial charge in [0.05, 0.1) is 18.8 Å². The largest absolute Gasteiger partial charge is 0.463 e. The molecule has 160 valence electrons. The second kappa shape index (κ2) is 9.80. The number of benzene rings is 1. The van der Waals surface area contributed by atoms with Crippen molar-refractivity contribution in [3.63, 3.8) is 0 Å². The molecule has 1 aromatic carbocycles. The second-order valence-corrected chi connectivity index (χ2v) is 7.34. The van der Waals surface area contributed by atoms with Crippen LogP contribution in [-0.2, 0) is 14.3 Å². The Morgan fingerprint density at radius 1 is 1.13 bits per heavy atom. The molecule has 30 heavy (non-hydrogen) atoms. The molecule has 1 aliphatic heterocycles. The number of hydrogen-bond acceptors (Lipinski definition) is 6. The van der Waals surface area contributed by atoms with E-state index in [9.17, 15) is 9.59 Å². The molecule has 1 unspecified atom stereocenters. The highest BCUT2D eigenvalue weighted by Gasteiger charge is 2.37. The molecule has 1 aliphatic rings. The standard InChI is InChI=1S/C22H26ClN3O4/c1-4-9-17-19(21(27)29-6-3)18(14-10-7-8-11-16(14)23)15-13-26(25-20(15)24-17)22(28)30-12-5-2/h7-8,10-11,13,18H,4-6,9,12H2,1-3H3,(H,24,25). The number of aromatic nitrogens is 2. The Morgan fingerprint density at radius 3 is 2.57 bits per heavy atom. The van der Waals surface area contributed by atoms with Gasteiger partial charge in [-0.05, 0) is 31.4 Å². The topological polar surface area (TPSA) is 82.5 Å². The lowest BCUT2D eigenvalue weighted by Gasteiger charge is -2.28. The summed E-state index contributed by atoms with van der Waals surface area (Å²) in [5, 5.41) is 8.14. The van der Waals surface area contributed by atoms with E-state index >= 15 is 0 Å². The van der Waals surface area contributed by atoms with Crippen LogP contribution in [-0.4, -0.2) is 35.1 Å². The SMILES string of the molecule is CCCOC(=O)n1cc2c(n1)NC(CCC)=C(C(=O)OCC)C2c1ccccc1Cl. The summed E-state index contributed by atoms with van der Waals surface area (Å²) in [5.41, 5.74) is 2.63. The molecule has 2 heterocycles. The fourth-order valence-electron chi connectivity index (χ4n) is 3.51. The predicted octanol–water partition coefficient (Wildman–Crippen LogP) is 5.11. The maximum atomic E-state index is 13.0. The molecule has 0 radical (unpaired) electrons.